The first-order chi connectivity index (χ1) is 13.0. The average molecular weight is 385 g/mol. The average Bonchev–Trinajstić information content (AvgIpc) is 3.01. The summed E-state index contributed by atoms with van der Waals surface area (Å²) in [6.45, 7) is 8.07. The SMILES string of the molecule is CCCN(Cc1nc2cccnc2n1CCC)C(=O)c1ccc(C)c(Cl)c1. The van der Waals surface area contributed by atoms with Gasteiger partial charge in [0.2, 0.25) is 0 Å². The van der Waals surface area contributed by atoms with Crippen LogP contribution in [0.2, 0.25) is 5.02 Å². The van der Waals surface area contributed by atoms with Crippen LogP contribution < -0.4 is 0 Å². The number of amides is 1. The van der Waals surface area contributed by atoms with E-state index in [9.17, 15) is 4.79 Å². The van der Waals surface area contributed by atoms with Gasteiger partial charge in [-0.05, 0) is 49.6 Å². The third-order valence-electron chi connectivity index (χ3n) is 4.56. The molecule has 2 heterocycles. The Labute approximate surface area is 165 Å². The minimum absolute atomic E-state index is 0.0261. The van der Waals surface area contributed by atoms with Crippen molar-refractivity contribution in [2.24, 2.45) is 0 Å². The molecule has 0 aliphatic rings. The van der Waals surface area contributed by atoms with Gasteiger partial charge >= 0.3 is 0 Å². The van der Waals surface area contributed by atoms with Crippen LogP contribution in [0, 0.1) is 6.92 Å². The van der Waals surface area contributed by atoms with Crippen molar-refractivity contribution < 1.29 is 4.79 Å². The molecule has 2 aromatic heterocycles. The summed E-state index contributed by atoms with van der Waals surface area (Å²) >= 11 is 6.22. The molecule has 5 nitrogen and oxygen atoms in total. The maximum absolute atomic E-state index is 13.1. The predicted molar refractivity (Wildman–Crippen MR) is 109 cm³/mol. The summed E-state index contributed by atoms with van der Waals surface area (Å²) in [5, 5.41) is 0.611. The van der Waals surface area contributed by atoms with Gasteiger partial charge in [-0.1, -0.05) is 31.5 Å². The van der Waals surface area contributed by atoms with Crippen molar-refractivity contribution in [2.45, 2.75) is 46.7 Å². The van der Waals surface area contributed by atoms with Gasteiger partial charge in [-0.25, -0.2) is 9.97 Å². The van der Waals surface area contributed by atoms with E-state index in [-0.39, 0.29) is 5.91 Å². The summed E-state index contributed by atoms with van der Waals surface area (Å²) in [4.78, 5) is 24.2. The maximum atomic E-state index is 13.1. The number of pyridine rings is 1. The van der Waals surface area contributed by atoms with E-state index < -0.39 is 0 Å². The van der Waals surface area contributed by atoms with Crippen molar-refractivity contribution in [1.29, 1.82) is 0 Å². The van der Waals surface area contributed by atoms with Crippen LogP contribution >= 0.6 is 11.6 Å². The smallest absolute Gasteiger partial charge is 0.254 e. The largest absolute Gasteiger partial charge is 0.331 e. The van der Waals surface area contributed by atoms with Gasteiger partial charge in [0, 0.05) is 29.9 Å². The lowest BCUT2D eigenvalue weighted by atomic mass is 10.1. The number of imidazole rings is 1. The first-order valence-electron chi connectivity index (χ1n) is 9.40. The molecule has 0 spiro atoms. The van der Waals surface area contributed by atoms with E-state index in [0.717, 1.165) is 41.9 Å². The molecular formula is C21H25ClN4O. The molecule has 0 N–H and O–H groups in total. The molecule has 0 radical (unpaired) electrons. The highest BCUT2D eigenvalue weighted by Gasteiger charge is 2.20. The maximum Gasteiger partial charge on any atom is 0.254 e. The number of halogens is 1. The Morgan fingerprint density at radius 2 is 2.04 bits per heavy atom. The van der Waals surface area contributed by atoms with Crippen LogP contribution in [0.25, 0.3) is 11.2 Å². The van der Waals surface area contributed by atoms with Gasteiger partial charge in [-0.2, -0.15) is 0 Å². The highest BCUT2D eigenvalue weighted by atomic mass is 35.5. The molecule has 0 saturated carbocycles. The number of hydrogen-bond donors (Lipinski definition) is 0. The highest BCUT2D eigenvalue weighted by Crippen LogP contribution is 2.20. The zero-order valence-electron chi connectivity index (χ0n) is 16.1. The van der Waals surface area contributed by atoms with Gasteiger partial charge in [0.15, 0.2) is 5.65 Å². The quantitative estimate of drug-likeness (QED) is 0.584. The van der Waals surface area contributed by atoms with Crippen LogP contribution in [0.5, 0.6) is 0 Å². The van der Waals surface area contributed by atoms with E-state index >= 15 is 0 Å². The standard InChI is InChI=1S/C21H25ClN4O/c1-4-11-25(21(27)16-9-8-15(3)17(22)13-16)14-19-24-18-7-6-10-23-20(18)26(19)12-5-2/h6-10,13H,4-5,11-12,14H2,1-3H3. The number of fused-ring (bicyclic) bond motifs is 1. The van der Waals surface area contributed by atoms with Gasteiger partial charge in [-0.3, -0.25) is 4.79 Å². The van der Waals surface area contributed by atoms with Crippen LogP contribution in [-0.2, 0) is 13.1 Å². The Bertz CT molecular complexity index is 951. The Morgan fingerprint density at radius 1 is 1.22 bits per heavy atom. The second kappa shape index (κ2) is 8.53. The van der Waals surface area contributed by atoms with Crippen LogP contribution in [0.4, 0.5) is 0 Å². The predicted octanol–water partition coefficient (Wildman–Crippen LogP) is 4.86. The number of aromatic nitrogens is 3. The molecule has 0 unspecified atom stereocenters. The first-order valence-corrected chi connectivity index (χ1v) is 9.78. The molecular weight excluding hydrogens is 360 g/mol. The van der Waals surface area contributed by atoms with Crippen molar-refractivity contribution in [3.63, 3.8) is 0 Å². The van der Waals surface area contributed by atoms with E-state index in [0.29, 0.717) is 23.7 Å². The summed E-state index contributed by atoms with van der Waals surface area (Å²) in [5.41, 5.74) is 3.31. The molecule has 0 saturated heterocycles. The van der Waals surface area contributed by atoms with Crippen molar-refractivity contribution in [2.75, 3.05) is 6.54 Å². The fraction of sp³-hybridized carbons (Fsp3) is 0.381. The summed E-state index contributed by atoms with van der Waals surface area (Å²) in [7, 11) is 0. The number of rotatable bonds is 7. The van der Waals surface area contributed by atoms with Crippen molar-refractivity contribution in [3.8, 4) is 0 Å². The van der Waals surface area contributed by atoms with Gasteiger partial charge < -0.3 is 9.47 Å². The molecule has 1 amide bonds. The van der Waals surface area contributed by atoms with Crippen LogP contribution in [-0.4, -0.2) is 31.9 Å². The normalized spacial score (nSPS) is 11.1. The van der Waals surface area contributed by atoms with Crippen molar-refractivity contribution in [3.05, 3.63) is 58.5 Å². The minimum atomic E-state index is -0.0261. The van der Waals surface area contributed by atoms with Gasteiger partial charge in [0.05, 0.1) is 6.54 Å². The lowest BCUT2D eigenvalue weighted by Gasteiger charge is -2.22. The van der Waals surface area contributed by atoms with Crippen molar-refractivity contribution in [1.82, 2.24) is 19.4 Å². The Morgan fingerprint density at radius 3 is 2.74 bits per heavy atom. The number of carbonyl (C=O) groups is 1. The zero-order chi connectivity index (χ0) is 19.4. The molecule has 142 valence electrons. The Kier molecular flexibility index (Phi) is 6.11. The molecule has 0 aliphatic heterocycles. The summed E-state index contributed by atoms with van der Waals surface area (Å²) < 4.78 is 2.12. The van der Waals surface area contributed by atoms with Gasteiger partial charge in [0.25, 0.3) is 5.91 Å². The fourth-order valence-corrected chi connectivity index (χ4v) is 3.37. The van der Waals surface area contributed by atoms with Crippen molar-refractivity contribution >= 4 is 28.7 Å². The van der Waals surface area contributed by atoms with Crippen LogP contribution in [0.3, 0.4) is 0 Å². The first kappa shape index (κ1) is 19.4. The highest BCUT2D eigenvalue weighted by molar-refractivity contribution is 6.31. The number of aryl methyl sites for hydroxylation is 2. The van der Waals surface area contributed by atoms with E-state index in [1.807, 2.05) is 36.1 Å². The molecule has 0 bridgehead atoms. The summed E-state index contributed by atoms with van der Waals surface area (Å²) in [5.74, 6) is 0.840. The number of hydrogen-bond acceptors (Lipinski definition) is 3. The molecule has 1 aromatic carbocycles. The second-order valence-electron chi connectivity index (χ2n) is 6.72. The van der Waals surface area contributed by atoms with Crippen LogP contribution in [0.1, 0.15) is 48.4 Å². The van der Waals surface area contributed by atoms with E-state index in [1.54, 1.807) is 12.3 Å². The number of benzene rings is 1. The topological polar surface area (TPSA) is 51.0 Å². The molecule has 6 heteroatoms. The molecule has 3 aromatic rings. The van der Waals surface area contributed by atoms with Gasteiger partial charge in [-0.15, -0.1) is 0 Å². The third kappa shape index (κ3) is 4.14. The Balaban J connectivity index is 1.94. The third-order valence-corrected chi connectivity index (χ3v) is 4.97. The summed E-state index contributed by atoms with van der Waals surface area (Å²) in [6, 6.07) is 9.32. The lowest BCUT2D eigenvalue weighted by Crippen LogP contribution is -2.32. The number of carbonyl (C=O) groups excluding carboxylic acids is 1. The molecule has 3 rings (SSSR count). The second-order valence-corrected chi connectivity index (χ2v) is 7.12. The van der Waals surface area contributed by atoms with E-state index in [1.165, 1.54) is 0 Å². The molecule has 0 aliphatic carbocycles. The van der Waals surface area contributed by atoms with E-state index in [4.69, 9.17) is 16.6 Å². The van der Waals surface area contributed by atoms with Gasteiger partial charge in [0.1, 0.15) is 11.3 Å². The summed E-state index contributed by atoms with van der Waals surface area (Å²) in [6.07, 6.45) is 3.63. The minimum Gasteiger partial charge on any atom is -0.331 e. The fourth-order valence-electron chi connectivity index (χ4n) is 3.19. The molecule has 0 atom stereocenters. The molecule has 27 heavy (non-hydrogen) atoms. The Hall–Kier alpha value is -2.40. The lowest BCUT2D eigenvalue weighted by molar-refractivity contribution is 0.0737. The zero-order valence-corrected chi connectivity index (χ0v) is 16.8. The molecule has 0 fully saturated rings. The van der Waals surface area contributed by atoms with E-state index in [2.05, 4.69) is 23.4 Å². The number of nitrogens with zero attached hydrogens (tertiary/aromatic N) is 4. The monoisotopic (exact) mass is 384 g/mol. The van der Waals surface area contributed by atoms with Crippen LogP contribution in [0.15, 0.2) is 36.5 Å².